The number of aliphatic hydroxyl groups excluding tert-OH is 2. The molecule has 1 aliphatic heterocycles. The number of H-pyrrole nitrogens is 1. The smallest absolute Gasteiger partial charge is 0.245 e. The Morgan fingerprint density at radius 2 is 1.08 bits per heavy atom. The SMILES string of the molecule is CC[C@H](C)[C@H](NC(=O)[C@H](CCC(N)=O)NC(=O)[C@H](Cc1cnc[nH]1)NC(=O)[C@H](C)NC(=O)[C@H](CC(C)C)NC(=O)[C@H](CCCCN)NC(=O)[C@H](CCC(N)=O)NC(=O)[C@@H](NC(=O)[C@@H](NC(=O)[C@@H]1CSSC[C@H](N)C(=O)N[C@@H](CCCNC(=N)N)C(=O)N[C@@H](Cc2ccccc2)C(=O)NCC(=O)N[C@@H]([C@@H](C)O)C(=O)N1)[C@@H](C)O)C(C)C)C(=O)N[C@@H](Cc1ccc(O)cc1)C(N)=O. The van der Waals surface area contributed by atoms with Gasteiger partial charge in [0, 0.05) is 62.0 Å². The molecule has 720 valence electrons. The molecule has 0 bridgehead atoms. The fraction of sp³-hybridized carbons (Fsp3) is 0.585. The third-order valence-electron chi connectivity index (χ3n) is 20.6. The Hall–Kier alpha value is -12.3. The molecule has 0 aliphatic carbocycles. The Morgan fingerprint density at radius 3 is 1.64 bits per heavy atom. The Balaban J connectivity index is 1.57. The molecular formula is C82H129N25O21S2. The number of guanidine groups is 1. The van der Waals surface area contributed by atoms with Crippen LogP contribution in [0.15, 0.2) is 67.1 Å². The molecule has 48 heteroatoms. The normalized spacial score (nSPS) is 19.0. The lowest BCUT2D eigenvalue weighted by Crippen LogP contribution is -2.63. The van der Waals surface area contributed by atoms with Crippen molar-refractivity contribution in [2.24, 2.45) is 52.2 Å². The van der Waals surface area contributed by atoms with Gasteiger partial charge in [0.2, 0.25) is 106 Å². The number of rotatable bonds is 48. The minimum atomic E-state index is -1.96. The number of primary amides is 3. The number of phenolic OH excluding ortho intramolecular Hbond substituents is 1. The highest BCUT2D eigenvalue weighted by Gasteiger charge is 2.41. The van der Waals surface area contributed by atoms with Crippen LogP contribution in [-0.2, 0) is 106 Å². The van der Waals surface area contributed by atoms with E-state index in [1.54, 1.807) is 58.0 Å². The van der Waals surface area contributed by atoms with Crippen molar-refractivity contribution in [3.63, 3.8) is 0 Å². The van der Waals surface area contributed by atoms with Gasteiger partial charge in [0.25, 0.3) is 0 Å². The van der Waals surface area contributed by atoms with E-state index >= 15 is 0 Å². The molecule has 0 unspecified atom stereocenters. The molecule has 0 saturated carbocycles. The zero-order valence-electron chi connectivity index (χ0n) is 74.3. The number of nitrogens with one attached hydrogen (secondary N) is 18. The molecular weight excluding hydrogens is 1740 g/mol. The Labute approximate surface area is 760 Å². The number of benzene rings is 2. The number of phenols is 1. The van der Waals surface area contributed by atoms with Crippen LogP contribution in [0.1, 0.15) is 150 Å². The van der Waals surface area contributed by atoms with Crippen molar-refractivity contribution in [2.45, 2.75) is 255 Å². The Kier molecular flexibility index (Phi) is 47.6. The molecule has 130 heavy (non-hydrogen) atoms. The summed E-state index contributed by atoms with van der Waals surface area (Å²) < 4.78 is 0. The van der Waals surface area contributed by atoms with Crippen LogP contribution in [0.2, 0.25) is 0 Å². The number of hydrogen-bond acceptors (Lipinski definition) is 27. The molecule has 0 spiro atoms. The van der Waals surface area contributed by atoms with Gasteiger partial charge in [-0.15, -0.1) is 0 Å². The van der Waals surface area contributed by atoms with Gasteiger partial charge in [-0.05, 0) is 120 Å². The quantitative estimate of drug-likeness (QED) is 0.0108. The molecule has 2 heterocycles. The van der Waals surface area contributed by atoms with Gasteiger partial charge in [0.15, 0.2) is 5.96 Å². The molecule has 1 aromatic heterocycles. The number of aromatic nitrogens is 2. The van der Waals surface area contributed by atoms with Gasteiger partial charge in [-0.1, -0.05) is 112 Å². The fourth-order valence-electron chi connectivity index (χ4n) is 13.0. The first-order valence-corrected chi connectivity index (χ1v) is 45.1. The Bertz CT molecular complexity index is 4330. The minimum Gasteiger partial charge on any atom is -0.508 e. The topological polar surface area (TPSA) is 769 Å². The lowest BCUT2D eigenvalue weighted by atomic mass is 9.96. The number of carbonyl (C=O) groups is 18. The molecule has 4 rings (SSSR count). The number of unbranched alkanes of at least 4 members (excludes halogenated alkanes) is 1. The largest absolute Gasteiger partial charge is 0.508 e. The number of aliphatic hydroxyl groups is 2. The predicted molar refractivity (Wildman–Crippen MR) is 478 cm³/mol. The number of carbonyl (C=O) groups excluding carboxylic acids is 18. The summed E-state index contributed by atoms with van der Waals surface area (Å²) in [6.07, 6.45) is -2.61. The van der Waals surface area contributed by atoms with Crippen LogP contribution in [0, 0.1) is 23.2 Å². The van der Waals surface area contributed by atoms with Crippen LogP contribution in [0.3, 0.4) is 0 Å². The van der Waals surface area contributed by atoms with Crippen LogP contribution in [-0.4, -0.2) is 272 Å². The van der Waals surface area contributed by atoms with Gasteiger partial charge in [-0.25, -0.2) is 4.98 Å². The van der Waals surface area contributed by atoms with Crippen LogP contribution in [0.25, 0.3) is 0 Å². The lowest BCUT2D eigenvalue weighted by molar-refractivity contribution is -0.138. The first-order chi connectivity index (χ1) is 61.3. The highest BCUT2D eigenvalue weighted by Crippen LogP contribution is 2.24. The molecule has 33 N–H and O–H groups in total. The number of nitrogens with two attached hydrogens (primary N) is 6. The molecule has 18 amide bonds. The summed E-state index contributed by atoms with van der Waals surface area (Å²) in [6, 6.07) is -8.98. The van der Waals surface area contributed by atoms with Crippen LogP contribution in [0.5, 0.6) is 5.75 Å². The highest BCUT2D eigenvalue weighted by molar-refractivity contribution is 8.76. The number of aromatic amines is 1. The van der Waals surface area contributed by atoms with Crippen molar-refractivity contribution in [3.8, 4) is 5.75 Å². The molecule has 3 aromatic rings. The standard InChI is InChI=1S/C82H129N25O21S2/c1-10-42(6)64(79(126)99-55(67(87)114)32-47-21-23-49(110)24-22-47)106-74(121)54(26-28-61(86)112)97-76(123)58(34-48-35-90-39-93-48)100-68(115)43(7)94-75(122)56(31-40(2)3)101-71(118)51(19-14-15-29-83)96-73(120)53(25-27-60(85)111)98-78(125)63(41(4)5)105-81(128)66(45(9)109)107-77(124)59-38-130-129-37-50(84)69(116)95-52(20-16-30-91-82(88)89)72(119)102-57(33-46-17-12-11-13-18-46)70(117)92-36-62(113)104-65(44(8)108)80(127)103-59/h11-13,17-18,21-24,35,39-45,50-59,63-66,108-110H,10,14-16,19-20,25-34,36-38,83-84H2,1-9H3,(H2,85,111)(H2,86,112)(H2,87,114)(H,90,93)(H,92,117)(H,94,122)(H,95,116)(H,96,120)(H,97,123)(H,98,125)(H,99,126)(H,100,115)(H,101,118)(H,102,119)(H,103,127)(H,104,113)(H,105,128)(H,106,121)(H,107,124)(H4,88,89,91)/t42-,43-,44+,45+,50-,51-,52-,53-,54-,55-,56-,57-,58-,59-,63-,64-,65-,66-/m0/s1. The monoisotopic (exact) mass is 1860 g/mol. The Morgan fingerprint density at radius 1 is 0.546 bits per heavy atom. The maximum absolute atomic E-state index is 14.6. The summed E-state index contributed by atoms with van der Waals surface area (Å²) in [6.45, 7) is 12.6. The van der Waals surface area contributed by atoms with Gasteiger partial charge in [-0.3, -0.25) is 91.7 Å². The fourth-order valence-corrected chi connectivity index (χ4v) is 15.3. The maximum Gasteiger partial charge on any atom is 0.245 e. The van der Waals surface area contributed by atoms with E-state index in [-0.39, 0.29) is 87.8 Å². The average molecular weight is 1870 g/mol. The van der Waals surface area contributed by atoms with E-state index in [1.807, 2.05) is 0 Å². The van der Waals surface area contributed by atoms with E-state index in [0.29, 0.717) is 29.7 Å². The molecule has 0 radical (unpaired) electrons. The van der Waals surface area contributed by atoms with E-state index in [9.17, 15) is 102 Å². The lowest BCUT2D eigenvalue weighted by Gasteiger charge is -2.30. The van der Waals surface area contributed by atoms with Crippen LogP contribution < -0.4 is 119 Å². The van der Waals surface area contributed by atoms with Crippen LogP contribution >= 0.6 is 21.6 Å². The predicted octanol–water partition coefficient (Wildman–Crippen LogP) is -7.29. The second-order valence-corrected chi connectivity index (χ2v) is 35.0. The number of nitrogens with zero attached hydrogens (tertiary/aromatic N) is 1. The van der Waals surface area contributed by atoms with Gasteiger partial charge >= 0.3 is 0 Å². The number of hydrogen-bond donors (Lipinski definition) is 27. The van der Waals surface area contributed by atoms with Crippen molar-refractivity contribution in [2.75, 3.05) is 31.1 Å². The molecule has 2 aromatic carbocycles. The van der Waals surface area contributed by atoms with Crippen molar-refractivity contribution in [3.05, 3.63) is 83.9 Å². The molecule has 1 fully saturated rings. The number of aromatic hydroxyl groups is 1. The molecule has 46 nitrogen and oxygen atoms in total. The molecule has 1 saturated heterocycles. The average Bonchev–Trinajstić information content (AvgIpc) is 0.895. The van der Waals surface area contributed by atoms with Gasteiger partial charge in [-0.2, -0.15) is 0 Å². The first kappa shape index (κ1) is 110. The van der Waals surface area contributed by atoms with E-state index in [2.05, 4.69) is 95.0 Å². The van der Waals surface area contributed by atoms with Crippen molar-refractivity contribution >= 4 is 134 Å². The number of imidazole rings is 1. The molecule has 1 aliphatic rings. The summed E-state index contributed by atoms with van der Waals surface area (Å²) in [7, 11) is 1.79. The van der Waals surface area contributed by atoms with E-state index < -0.39 is 259 Å². The summed E-state index contributed by atoms with van der Waals surface area (Å²) in [5.41, 5.74) is 35.8. The number of amides is 18. The van der Waals surface area contributed by atoms with Crippen molar-refractivity contribution in [1.82, 2.24) is 95.0 Å². The van der Waals surface area contributed by atoms with E-state index in [4.69, 9.17) is 39.8 Å². The minimum absolute atomic E-state index is 0.0508. The third kappa shape index (κ3) is 39.4. The van der Waals surface area contributed by atoms with Crippen molar-refractivity contribution < 1.29 is 102 Å². The molecule has 18 atom stereocenters. The van der Waals surface area contributed by atoms with Crippen molar-refractivity contribution in [1.29, 1.82) is 5.41 Å². The maximum atomic E-state index is 14.6. The summed E-state index contributed by atoms with van der Waals surface area (Å²) in [5, 5.41) is 79.8. The van der Waals surface area contributed by atoms with E-state index in [0.717, 1.165) is 35.4 Å². The van der Waals surface area contributed by atoms with Gasteiger partial charge in [0.05, 0.1) is 31.1 Å². The van der Waals surface area contributed by atoms with Gasteiger partial charge < -0.3 is 140 Å². The zero-order valence-corrected chi connectivity index (χ0v) is 75.9. The van der Waals surface area contributed by atoms with Crippen LogP contribution in [0.4, 0.5) is 0 Å². The van der Waals surface area contributed by atoms with E-state index in [1.165, 1.54) is 57.6 Å². The summed E-state index contributed by atoms with van der Waals surface area (Å²) >= 11 is 0. The second kappa shape index (κ2) is 56.2. The second-order valence-electron chi connectivity index (χ2n) is 32.4. The zero-order chi connectivity index (χ0) is 97.2. The highest BCUT2D eigenvalue weighted by atomic mass is 33.1. The third-order valence-corrected chi connectivity index (χ3v) is 23.1. The first-order valence-electron chi connectivity index (χ1n) is 42.6. The van der Waals surface area contributed by atoms with Gasteiger partial charge in [0.1, 0.15) is 90.3 Å². The summed E-state index contributed by atoms with van der Waals surface area (Å²) in [4.78, 5) is 258. The summed E-state index contributed by atoms with van der Waals surface area (Å²) in [5.74, 6) is -20.6.